The van der Waals surface area contributed by atoms with Gasteiger partial charge in [-0.15, -0.1) is 0 Å². The van der Waals surface area contributed by atoms with E-state index in [4.69, 9.17) is 21.1 Å². The number of likely N-dealkylation sites (tertiary alicyclic amines) is 2. The number of aliphatic hydroxyl groups is 1. The van der Waals surface area contributed by atoms with Crippen molar-refractivity contribution in [3.63, 3.8) is 0 Å². The summed E-state index contributed by atoms with van der Waals surface area (Å²) < 4.78 is 68.5. The first-order valence-electron chi connectivity index (χ1n) is 13.3. The molecule has 2 atom stereocenters. The summed E-state index contributed by atoms with van der Waals surface area (Å²) in [6.07, 6.45) is -4.94. The van der Waals surface area contributed by atoms with Gasteiger partial charge in [-0.1, -0.05) is 17.7 Å². The summed E-state index contributed by atoms with van der Waals surface area (Å²) in [4.78, 5) is 27.4. The van der Waals surface area contributed by atoms with E-state index in [-0.39, 0.29) is 49.6 Å². The highest BCUT2D eigenvalue weighted by Crippen LogP contribution is 2.42. The van der Waals surface area contributed by atoms with Crippen molar-refractivity contribution < 1.29 is 46.5 Å². The summed E-state index contributed by atoms with van der Waals surface area (Å²) in [5.74, 6) is -3.34. The molecule has 0 saturated carbocycles. The van der Waals surface area contributed by atoms with Crippen LogP contribution < -0.4 is 9.47 Å². The third-order valence-corrected chi connectivity index (χ3v) is 7.89. The van der Waals surface area contributed by atoms with Gasteiger partial charge in [0.2, 0.25) is 0 Å². The van der Waals surface area contributed by atoms with E-state index >= 15 is 0 Å². The van der Waals surface area contributed by atoms with Crippen molar-refractivity contribution >= 4 is 23.5 Å². The van der Waals surface area contributed by atoms with Crippen LogP contribution in [0, 0.1) is 5.82 Å². The van der Waals surface area contributed by atoms with E-state index in [1.54, 1.807) is 6.07 Å². The Morgan fingerprint density at radius 2 is 1.93 bits per heavy atom. The maximum atomic E-state index is 14.7. The summed E-state index contributed by atoms with van der Waals surface area (Å²) in [5, 5.41) is 11.3. The fourth-order valence-electron chi connectivity index (χ4n) is 5.58. The second-order valence-corrected chi connectivity index (χ2v) is 11.1. The molecule has 3 aliphatic rings. The molecule has 3 heterocycles. The van der Waals surface area contributed by atoms with Gasteiger partial charge in [-0.3, -0.25) is 4.79 Å². The normalized spacial score (nSPS) is 20.9. The molecule has 222 valence electrons. The molecule has 1 amide bonds. The molecule has 2 saturated heterocycles. The summed E-state index contributed by atoms with van der Waals surface area (Å²) in [5.41, 5.74) is 0.645. The van der Waals surface area contributed by atoms with Crippen molar-refractivity contribution in [1.29, 1.82) is 0 Å². The Bertz CT molecular complexity index is 1300. The van der Waals surface area contributed by atoms with E-state index in [2.05, 4.69) is 9.64 Å². The SMILES string of the molecule is O=C(c1cccc(F)c1OC[C@@H](O)CN1CCC2(CC1)Cc1cc(Cl)ccc1O2)N1CC[C@H](OC(=O)C(F)(F)F)C1. The molecule has 0 bridgehead atoms. The Morgan fingerprint density at radius 3 is 2.66 bits per heavy atom. The highest BCUT2D eigenvalue weighted by Gasteiger charge is 2.44. The number of carbonyl (C=O) groups is 2. The van der Waals surface area contributed by atoms with Crippen molar-refractivity contribution in [2.45, 2.75) is 49.7 Å². The van der Waals surface area contributed by atoms with E-state index in [1.165, 1.54) is 17.0 Å². The Kier molecular flexibility index (Phi) is 8.36. The summed E-state index contributed by atoms with van der Waals surface area (Å²) >= 11 is 6.11. The molecule has 0 aliphatic carbocycles. The van der Waals surface area contributed by atoms with Crippen LogP contribution in [0.1, 0.15) is 35.2 Å². The molecule has 2 fully saturated rings. The topological polar surface area (TPSA) is 88.5 Å². The third kappa shape index (κ3) is 6.70. The van der Waals surface area contributed by atoms with Crippen LogP contribution in [0.15, 0.2) is 36.4 Å². The lowest BCUT2D eigenvalue weighted by atomic mass is 9.87. The summed E-state index contributed by atoms with van der Waals surface area (Å²) in [6.45, 7) is 1.09. The molecule has 13 heteroatoms. The molecule has 1 N–H and O–H groups in total. The van der Waals surface area contributed by atoms with Gasteiger partial charge >= 0.3 is 12.1 Å². The number of ether oxygens (including phenoxy) is 3. The van der Waals surface area contributed by atoms with Gasteiger partial charge in [-0.2, -0.15) is 13.2 Å². The Labute approximate surface area is 238 Å². The second-order valence-electron chi connectivity index (χ2n) is 10.7. The number of halogens is 5. The quantitative estimate of drug-likeness (QED) is 0.380. The molecule has 0 radical (unpaired) electrons. The van der Waals surface area contributed by atoms with Crippen LogP contribution in [0.5, 0.6) is 11.5 Å². The minimum Gasteiger partial charge on any atom is -0.487 e. The number of alkyl halides is 3. The molecule has 3 aliphatic heterocycles. The monoisotopic (exact) mass is 600 g/mol. The van der Waals surface area contributed by atoms with E-state index < -0.39 is 36.1 Å². The van der Waals surface area contributed by atoms with Gasteiger partial charge < -0.3 is 29.1 Å². The minimum atomic E-state index is -5.14. The Morgan fingerprint density at radius 1 is 1.17 bits per heavy atom. The fraction of sp³-hybridized carbons (Fsp3) is 0.500. The van der Waals surface area contributed by atoms with Gasteiger partial charge in [0.05, 0.1) is 12.1 Å². The smallest absolute Gasteiger partial charge is 0.487 e. The number of rotatable bonds is 7. The zero-order chi connectivity index (χ0) is 29.4. The van der Waals surface area contributed by atoms with E-state index in [1.807, 2.05) is 12.1 Å². The van der Waals surface area contributed by atoms with Crippen molar-refractivity contribution in [2.24, 2.45) is 0 Å². The van der Waals surface area contributed by atoms with Gasteiger partial charge in [0, 0.05) is 56.9 Å². The molecule has 41 heavy (non-hydrogen) atoms. The number of piperidine rings is 1. The highest BCUT2D eigenvalue weighted by atomic mass is 35.5. The van der Waals surface area contributed by atoms with E-state index in [9.17, 15) is 32.3 Å². The van der Waals surface area contributed by atoms with Gasteiger partial charge in [-0.25, -0.2) is 9.18 Å². The summed E-state index contributed by atoms with van der Waals surface area (Å²) in [7, 11) is 0. The average Bonchev–Trinajstić information content (AvgIpc) is 3.52. The zero-order valence-corrected chi connectivity index (χ0v) is 22.7. The molecular formula is C28H29ClF4N2O6. The number of carbonyl (C=O) groups excluding carboxylic acids is 2. The minimum absolute atomic E-state index is 0.0137. The molecule has 2 aromatic carbocycles. The predicted molar refractivity (Wildman–Crippen MR) is 139 cm³/mol. The number of amides is 1. The standard InChI is InChI=1S/C28H29ClF4N2O6/c29-18-4-5-23-17(12-18)13-27(41-23)7-10-34(11-8-27)14-19(36)16-39-24-21(2-1-3-22(24)30)25(37)35-9-6-20(15-35)40-26(38)28(31,32)33/h1-5,12,19-20,36H,6-11,13-16H2/t19-,20-/m0/s1. The van der Waals surface area contributed by atoms with Gasteiger partial charge in [0.15, 0.2) is 11.6 Å². The molecule has 2 aromatic rings. The van der Waals surface area contributed by atoms with Gasteiger partial charge in [0.25, 0.3) is 5.91 Å². The lowest BCUT2D eigenvalue weighted by Gasteiger charge is -2.39. The van der Waals surface area contributed by atoms with Crippen LogP contribution in [-0.2, 0) is 16.0 Å². The number of esters is 1. The van der Waals surface area contributed by atoms with E-state index in [0.29, 0.717) is 18.1 Å². The number of hydrogen-bond donors (Lipinski definition) is 1. The maximum absolute atomic E-state index is 14.7. The first-order valence-corrected chi connectivity index (χ1v) is 13.7. The number of para-hydroxylation sites is 1. The van der Waals surface area contributed by atoms with Crippen molar-refractivity contribution in [3.05, 3.63) is 58.4 Å². The molecule has 0 unspecified atom stereocenters. The van der Waals surface area contributed by atoms with Crippen LogP contribution in [0.2, 0.25) is 5.02 Å². The number of aliphatic hydroxyl groups excluding tert-OH is 1. The first kappa shape index (κ1) is 29.4. The van der Waals surface area contributed by atoms with Crippen LogP contribution in [0.4, 0.5) is 17.6 Å². The van der Waals surface area contributed by atoms with Gasteiger partial charge in [0.1, 0.15) is 30.2 Å². The largest absolute Gasteiger partial charge is 0.490 e. The molecule has 8 nitrogen and oxygen atoms in total. The Balaban J connectivity index is 1.12. The molecule has 0 aromatic heterocycles. The van der Waals surface area contributed by atoms with Crippen molar-refractivity contribution in [2.75, 3.05) is 39.3 Å². The average molecular weight is 601 g/mol. The van der Waals surface area contributed by atoms with Crippen LogP contribution in [-0.4, -0.2) is 90.1 Å². The highest BCUT2D eigenvalue weighted by molar-refractivity contribution is 6.30. The van der Waals surface area contributed by atoms with Gasteiger partial charge in [-0.05, 0) is 35.9 Å². The zero-order valence-electron chi connectivity index (χ0n) is 22.0. The number of hydrogen-bond acceptors (Lipinski definition) is 7. The number of nitrogens with zero attached hydrogens (tertiary/aromatic N) is 2. The number of β-amino-alcohol motifs (C(OH)–C–C–N with tert-alkyl or cyclic N) is 1. The third-order valence-electron chi connectivity index (χ3n) is 7.65. The van der Waals surface area contributed by atoms with Crippen molar-refractivity contribution in [3.8, 4) is 11.5 Å². The molecular weight excluding hydrogens is 572 g/mol. The lowest BCUT2D eigenvalue weighted by molar-refractivity contribution is -0.204. The van der Waals surface area contributed by atoms with Crippen molar-refractivity contribution in [1.82, 2.24) is 9.80 Å². The fourth-order valence-corrected chi connectivity index (χ4v) is 5.77. The van der Waals surface area contributed by atoms with Crippen LogP contribution >= 0.6 is 11.6 Å². The maximum Gasteiger partial charge on any atom is 0.490 e. The van der Waals surface area contributed by atoms with Crippen LogP contribution in [0.25, 0.3) is 0 Å². The first-order chi connectivity index (χ1) is 19.4. The number of benzene rings is 2. The molecule has 1 spiro atoms. The second kappa shape index (κ2) is 11.7. The Hall–Kier alpha value is -3.09. The number of fused-ring (bicyclic) bond motifs is 1. The molecule has 5 rings (SSSR count). The summed E-state index contributed by atoms with van der Waals surface area (Å²) in [6, 6.07) is 9.35. The van der Waals surface area contributed by atoms with E-state index in [0.717, 1.165) is 36.6 Å². The van der Waals surface area contributed by atoms with Crippen LogP contribution in [0.3, 0.4) is 0 Å². The lowest BCUT2D eigenvalue weighted by Crippen LogP contribution is -2.49. The predicted octanol–water partition coefficient (Wildman–Crippen LogP) is 4.01.